The molecule has 2 nitrogen and oxygen atoms in total. The zero-order valence-electron chi connectivity index (χ0n) is 9.26. The van der Waals surface area contributed by atoms with E-state index in [0.29, 0.717) is 5.02 Å². The Morgan fingerprint density at radius 1 is 1.67 bits per heavy atom. The lowest BCUT2D eigenvalue weighted by Gasteiger charge is -2.17. The number of nitrogens with one attached hydrogen (secondary N) is 1. The van der Waals surface area contributed by atoms with E-state index in [1.165, 1.54) is 5.57 Å². The fourth-order valence-corrected chi connectivity index (χ4v) is 1.68. The van der Waals surface area contributed by atoms with Crippen LogP contribution in [0.2, 0.25) is 5.02 Å². The molecule has 0 saturated heterocycles. The summed E-state index contributed by atoms with van der Waals surface area (Å²) in [7, 11) is 1.92. The SMILES string of the molecule is C=C(CC)CC(NC)c1ncccc1Cl. The van der Waals surface area contributed by atoms with Gasteiger partial charge in [-0.1, -0.05) is 30.7 Å². The Morgan fingerprint density at radius 2 is 2.40 bits per heavy atom. The van der Waals surface area contributed by atoms with E-state index in [-0.39, 0.29) is 6.04 Å². The summed E-state index contributed by atoms with van der Waals surface area (Å²) in [5, 5.41) is 3.93. The third kappa shape index (κ3) is 3.33. The number of hydrogen-bond acceptors (Lipinski definition) is 2. The van der Waals surface area contributed by atoms with Gasteiger partial charge in [0.15, 0.2) is 0 Å². The summed E-state index contributed by atoms with van der Waals surface area (Å²) in [6, 6.07) is 3.86. The van der Waals surface area contributed by atoms with E-state index in [4.69, 9.17) is 11.6 Å². The van der Waals surface area contributed by atoms with Gasteiger partial charge in [0.05, 0.1) is 16.8 Å². The van der Waals surface area contributed by atoms with Crippen molar-refractivity contribution in [2.45, 2.75) is 25.8 Å². The maximum absolute atomic E-state index is 6.09. The lowest BCUT2D eigenvalue weighted by molar-refractivity contribution is 0.567. The third-order valence-corrected chi connectivity index (χ3v) is 2.78. The minimum Gasteiger partial charge on any atom is -0.311 e. The summed E-state index contributed by atoms with van der Waals surface area (Å²) in [4.78, 5) is 4.30. The van der Waals surface area contributed by atoms with Gasteiger partial charge in [-0.2, -0.15) is 0 Å². The van der Waals surface area contributed by atoms with E-state index in [2.05, 4.69) is 23.8 Å². The molecular weight excluding hydrogens is 208 g/mol. The van der Waals surface area contributed by atoms with Crippen LogP contribution in [0.15, 0.2) is 30.5 Å². The van der Waals surface area contributed by atoms with Crippen molar-refractivity contribution in [3.63, 3.8) is 0 Å². The second-order valence-corrected chi connectivity index (χ2v) is 3.93. The maximum Gasteiger partial charge on any atom is 0.0762 e. The second-order valence-electron chi connectivity index (χ2n) is 3.52. The zero-order valence-corrected chi connectivity index (χ0v) is 10.0. The van der Waals surface area contributed by atoms with E-state index in [0.717, 1.165) is 18.5 Å². The first kappa shape index (κ1) is 12.2. The molecule has 0 spiro atoms. The van der Waals surface area contributed by atoms with Crippen LogP contribution < -0.4 is 5.32 Å². The zero-order chi connectivity index (χ0) is 11.3. The molecular formula is C12H17ClN2. The number of halogens is 1. The lowest BCUT2D eigenvalue weighted by atomic mass is 10.0. The molecule has 1 atom stereocenters. The molecule has 0 amide bonds. The van der Waals surface area contributed by atoms with Crippen molar-refractivity contribution in [3.05, 3.63) is 41.2 Å². The van der Waals surface area contributed by atoms with Gasteiger partial charge in [0, 0.05) is 6.20 Å². The Kier molecular flexibility index (Phi) is 4.79. The van der Waals surface area contributed by atoms with Gasteiger partial charge < -0.3 is 5.32 Å². The predicted molar refractivity (Wildman–Crippen MR) is 65.1 cm³/mol. The first-order valence-corrected chi connectivity index (χ1v) is 5.51. The highest BCUT2D eigenvalue weighted by atomic mass is 35.5. The minimum atomic E-state index is 0.158. The van der Waals surface area contributed by atoms with E-state index < -0.39 is 0 Å². The summed E-state index contributed by atoms with van der Waals surface area (Å²) in [6.07, 6.45) is 3.63. The van der Waals surface area contributed by atoms with Crippen LogP contribution in [0.25, 0.3) is 0 Å². The summed E-state index contributed by atoms with van der Waals surface area (Å²) in [6.45, 7) is 6.11. The van der Waals surface area contributed by atoms with Crippen molar-refractivity contribution in [2.24, 2.45) is 0 Å². The van der Waals surface area contributed by atoms with Crippen LogP contribution >= 0.6 is 11.6 Å². The van der Waals surface area contributed by atoms with Gasteiger partial charge >= 0.3 is 0 Å². The third-order valence-electron chi connectivity index (χ3n) is 2.46. The molecule has 0 aliphatic carbocycles. The summed E-state index contributed by atoms with van der Waals surface area (Å²) >= 11 is 6.09. The molecule has 1 aromatic rings. The molecule has 1 N–H and O–H groups in total. The molecule has 0 aliphatic heterocycles. The normalized spacial score (nSPS) is 12.5. The summed E-state index contributed by atoms with van der Waals surface area (Å²) in [5.41, 5.74) is 2.10. The molecule has 0 aliphatic rings. The van der Waals surface area contributed by atoms with Crippen LogP contribution in [-0.2, 0) is 0 Å². The molecule has 0 aromatic carbocycles. The first-order chi connectivity index (χ1) is 7.19. The van der Waals surface area contributed by atoms with Crippen LogP contribution in [0.3, 0.4) is 0 Å². The fourth-order valence-electron chi connectivity index (χ4n) is 1.42. The van der Waals surface area contributed by atoms with Crippen LogP contribution in [-0.4, -0.2) is 12.0 Å². The number of rotatable bonds is 5. The van der Waals surface area contributed by atoms with Gasteiger partial charge in [-0.05, 0) is 32.0 Å². The van der Waals surface area contributed by atoms with Crippen molar-refractivity contribution in [1.82, 2.24) is 10.3 Å². The molecule has 1 heterocycles. The molecule has 0 saturated carbocycles. The number of nitrogens with zero attached hydrogens (tertiary/aromatic N) is 1. The Labute approximate surface area is 96.4 Å². The Bertz CT molecular complexity index is 336. The second kappa shape index (κ2) is 5.89. The minimum absolute atomic E-state index is 0.158. The van der Waals surface area contributed by atoms with Gasteiger partial charge in [-0.3, -0.25) is 4.98 Å². The van der Waals surface area contributed by atoms with Crippen molar-refractivity contribution < 1.29 is 0 Å². The molecule has 0 fully saturated rings. The van der Waals surface area contributed by atoms with Gasteiger partial charge in [-0.25, -0.2) is 0 Å². The van der Waals surface area contributed by atoms with Crippen molar-refractivity contribution in [2.75, 3.05) is 7.05 Å². The standard InChI is InChI=1S/C12H17ClN2/c1-4-9(2)8-11(14-3)12-10(13)6-5-7-15-12/h5-7,11,14H,2,4,8H2,1,3H3. The highest BCUT2D eigenvalue weighted by Gasteiger charge is 2.14. The van der Waals surface area contributed by atoms with Crippen LogP contribution in [0, 0.1) is 0 Å². The van der Waals surface area contributed by atoms with Crippen molar-refractivity contribution in [1.29, 1.82) is 0 Å². The Morgan fingerprint density at radius 3 is 2.93 bits per heavy atom. The number of hydrogen-bond donors (Lipinski definition) is 1. The molecule has 0 bridgehead atoms. The maximum atomic E-state index is 6.09. The van der Waals surface area contributed by atoms with Gasteiger partial charge in [0.25, 0.3) is 0 Å². The molecule has 1 unspecified atom stereocenters. The van der Waals surface area contributed by atoms with Gasteiger partial charge in [0.2, 0.25) is 0 Å². The summed E-state index contributed by atoms with van der Waals surface area (Å²) in [5.74, 6) is 0. The molecule has 3 heteroatoms. The van der Waals surface area contributed by atoms with Crippen molar-refractivity contribution >= 4 is 11.6 Å². The van der Waals surface area contributed by atoms with Crippen LogP contribution in [0.4, 0.5) is 0 Å². The Balaban J connectivity index is 2.83. The first-order valence-electron chi connectivity index (χ1n) is 5.13. The average molecular weight is 225 g/mol. The highest BCUT2D eigenvalue weighted by molar-refractivity contribution is 6.31. The largest absolute Gasteiger partial charge is 0.311 e. The predicted octanol–water partition coefficient (Wildman–Crippen LogP) is 3.35. The van der Waals surface area contributed by atoms with E-state index in [1.807, 2.05) is 19.2 Å². The molecule has 82 valence electrons. The van der Waals surface area contributed by atoms with E-state index in [1.54, 1.807) is 6.20 Å². The lowest BCUT2D eigenvalue weighted by Crippen LogP contribution is -2.18. The molecule has 0 radical (unpaired) electrons. The van der Waals surface area contributed by atoms with Crippen LogP contribution in [0.1, 0.15) is 31.5 Å². The quantitative estimate of drug-likeness (QED) is 0.776. The van der Waals surface area contributed by atoms with Crippen LogP contribution in [0.5, 0.6) is 0 Å². The summed E-state index contributed by atoms with van der Waals surface area (Å²) < 4.78 is 0. The molecule has 1 aromatic heterocycles. The Hall–Kier alpha value is -0.860. The number of aromatic nitrogens is 1. The van der Waals surface area contributed by atoms with Gasteiger partial charge in [-0.15, -0.1) is 0 Å². The smallest absolute Gasteiger partial charge is 0.0762 e. The topological polar surface area (TPSA) is 24.9 Å². The molecule has 15 heavy (non-hydrogen) atoms. The van der Waals surface area contributed by atoms with E-state index >= 15 is 0 Å². The van der Waals surface area contributed by atoms with Crippen molar-refractivity contribution in [3.8, 4) is 0 Å². The highest BCUT2D eigenvalue weighted by Crippen LogP contribution is 2.25. The fraction of sp³-hybridized carbons (Fsp3) is 0.417. The molecule has 1 rings (SSSR count). The van der Waals surface area contributed by atoms with E-state index in [9.17, 15) is 0 Å². The number of pyridine rings is 1. The van der Waals surface area contributed by atoms with Gasteiger partial charge in [0.1, 0.15) is 0 Å². The average Bonchev–Trinajstić information content (AvgIpc) is 2.26. The monoisotopic (exact) mass is 224 g/mol.